The first kappa shape index (κ1) is 42.8. The van der Waals surface area contributed by atoms with E-state index in [1.807, 2.05) is 30.3 Å². The van der Waals surface area contributed by atoms with Crippen LogP contribution in [0.25, 0.3) is 0 Å². The summed E-state index contributed by atoms with van der Waals surface area (Å²) in [7, 11) is 1.42. The second-order valence-corrected chi connectivity index (χ2v) is 14.6. The number of ether oxygens (including phenoxy) is 5. The van der Waals surface area contributed by atoms with E-state index in [2.05, 4.69) is 0 Å². The van der Waals surface area contributed by atoms with Crippen LogP contribution in [0.2, 0.25) is 5.02 Å². The van der Waals surface area contributed by atoms with Crippen molar-refractivity contribution in [3.05, 3.63) is 137 Å². The van der Waals surface area contributed by atoms with Crippen molar-refractivity contribution in [1.29, 1.82) is 0 Å². The average Bonchev–Trinajstić information content (AvgIpc) is 3.17. The fourth-order valence-corrected chi connectivity index (χ4v) is 7.19. The maximum absolute atomic E-state index is 13.8. The van der Waals surface area contributed by atoms with Gasteiger partial charge in [-0.25, -0.2) is 19.2 Å². The quantitative estimate of drug-likeness (QED) is 0.0968. The van der Waals surface area contributed by atoms with Crippen LogP contribution >= 0.6 is 11.6 Å². The van der Waals surface area contributed by atoms with Crippen molar-refractivity contribution in [3.8, 4) is 34.5 Å². The molecule has 0 radical (unpaired) electrons. The van der Waals surface area contributed by atoms with Crippen molar-refractivity contribution in [2.75, 3.05) is 7.11 Å². The Labute approximate surface area is 342 Å². The van der Waals surface area contributed by atoms with Gasteiger partial charge >= 0.3 is 23.9 Å². The van der Waals surface area contributed by atoms with E-state index in [1.165, 1.54) is 13.2 Å². The number of hydrogen-bond acceptors (Lipinski definition) is 10. The number of carboxylic acids is 1. The molecule has 5 rings (SSSR count). The molecule has 12 heteroatoms. The highest BCUT2D eigenvalue weighted by molar-refractivity contribution is 6.34. The van der Waals surface area contributed by atoms with E-state index in [-0.39, 0.29) is 55.8 Å². The van der Waals surface area contributed by atoms with Gasteiger partial charge in [-0.1, -0.05) is 41.9 Å². The molecule has 58 heavy (non-hydrogen) atoms. The van der Waals surface area contributed by atoms with E-state index >= 15 is 0 Å². The van der Waals surface area contributed by atoms with Crippen LogP contribution in [0.3, 0.4) is 0 Å². The lowest BCUT2D eigenvalue weighted by Crippen LogP contribution is -2.18. The van der Waals surface area contributed by atoms with Crippen LogP contribution in [0.1, 0.15) is 103 Å². The number of aromatic hydroxyl groups is 1. The molecule has 0 atom stereocenters. The molecule has 11 nitrogen and oxygen atoms in total. The number of methoxy groups -OCH3 is 1. The Morgan fingerprint density at radius 3 is 1.66 bits per heavy atom. The number of hydrogen-bond donors (Lipinski definition) is 2. The Morgan fingerprint density at radius 1 is 0.569 bits per heavy atom. The molecule has 0 amide bonds. The van der Waals surface area contributed by atoms with Gasteiger partial charge in [0.1, 0.15) is 45.8 Å². The van der Waals surface area contributed by atoms with Crippen LogP contribution in [0.5, 0.6) is 34.5 Å². The largest absolute Gasteiger partial charge is 0.505 e. The number of esters is 3. The fraction of sp³-hybridized carbons (Fsp3) is 0.261. The zero-order valence-electron chi connectivity index (χ0n) is 34.3. The lowest BCUT2D eigenvalue weighted by atomic mass is 9.93. The monoisotopic (exact) mass is 808 g/mol. The highest BCUT2D eigenvalue weighted by Crippen LogP contribution is 2.44. The summed E-state index contributed by atoms with van der Waals surface area (Å²) in [5.41, 5.74) is 5.76. The van der Waals surface area contributed by atoms with Crippen molar-refractivity contribution in [2.45, 2.75) is 75.8 Å². The lowest BCUT2D eigenvalue weighted by molar-refractivity contribution is 0.0689. The number of phenolic OH excluding ortho intramolecular Hbond substituents is 1. The van der Waals surface area contributed by atoms with Crippen LogP contribution in [0.15, 0.2) is 48.5 Å². The number of phenols is 1. The second kappa shape index (κ2) is 17.0. The summed E-state index contributed by atoms with van der Waals surface area (Å²) in [5, 5.41) is 20.6. The minimum atomic E-state index is -1.06. The van der Waals surface area contributed by atoms with E-state index in [0.29, 0.717) is 62.4 Å². The third-order valence-corrected chi connectivity index (χ3v) is 11.0. The summed E-state index contributed by atoms with van der Waals surface area (Å²) in [5.74, 6) is -3.18. The molecule has 5 aromatic rings. The van der Waals surface area contributed by atoms with Crippen molar-refractivity contribution in [2.24, 2.45) is 0 Å². The van der Waals surface area contributed by atoms with Gasteiger partial charge in [-0.15, -0.1) is 0 Å². The smallest absolute Gasteiger partial charge is 0.347 e. The summed E-state index contributed by atoms with van der Waals surface area (Å²) >= 11 is 6.60. The van der Waals surface area contributed by atoms with Gasteiger partial charge in [0.25, 0.3) is 0 Å². The first-order valence-corrected chi connectivity index (χ1v) is 18.7. The van der Waals surface area contributed by atoms with Crippen LogP contribution in [0.4, 0.5) is 0 Å². The summed E-state index contributed by atoms with van der Waals surface area (Å²) in [6.45, 7) is 16.9. The van der Waals surface area contributed by atoms with Gasteiger partial charge in [0.15, 0.2) is 11.5 Å². The molecule has 0 aliphatic rings. The van der Waals surface area contributed by atoms with Gasteiger partial charge in [-0.3, -0.25) is 0 Å². The van der Waals surface area contributed by atoms with E-state index in [9.17, 15) is 29.4 Å². The molecule has 2 N–H and O–H groups in total. The van der Waals surface area contributed by atoms with E-state index in [4.69, 9.17) is 35.3 Å². The second-order valence-electron chi connectivity index (χ2n) is 14.2. The normalized spacial score (nSPS) is 10.9. The minimum absolute atomic E-state index is 0.116. The Bertz CT molecular complexity index is 2460. The topological polar surface area (TPSA) is 155 Å². The minimum Gasteiger partial charge on any atom is -0.505 e. The summed E-state index contributed by atoms with van der Waals surface area (Å²) in [6, 6.07) is 14.4. The molecule has 0 spiro atoms. The Hall–Kier alpha value is -6.33. The van der Waals surface area contributed by atoms with Crippen LogP contribution < -0.4 is 23.7 Å². The Kier molecular flexibility index (Phi) is 12.6. The van der Waals surface area contributed by atoms with E-state index in [0.717, 1.165) is 5.56 Å². The Morgan fingerprint density at radius 2 is 1.07 bits per heavy atom. The zero-order chi connectivity index (χ0) is 42.9. The van der Waals surface area contributed by atoms with Crippen molar-refractivity contribution in [3.63, 3.8) is 0 Å². The first-order valence-electron chi connectivity index (χ1n) is 18.3. The molecule has 0 aliphatic heterocycles. The molecule has 0 aromatic heterocycles. The number of aromatic carboxylic acids is 1. The maximum atomic E-state index is 13.8. The average molecular weight is 809 g/mol. The number of carbonyl (C=O) groups is 4. The van der Waals surface area contributed by atoms with Crippen LogP contribution in [0, 0.1) is 69.2 Å². The van der Waals surface area contributed by atoms with Crippen molar-refractivity contribution < 1.29 is 53.1 Å². The molecule has 0 heterocycles. The molecule has 0 saturated heterocycles. The molecule has 0 fully saturated rings. The van der Waals surface area contributed by atoms with Crippen molar-refractivity contribution in [1.82, 2.24) is 0 Å². The van der Waals surface area contributed by atoms with Crippen molar-refractivity contribution >= 4 is 35.5 Å². The van der Waals surface area contributed by atoms with Gasteiger partial charge in [-0.2, -0.15) is 0 Å². The van der Waals surface area contributed by atoms with Gasteiger partial charge in [0.05, 0.1) is 18.2 Å². The fourth-order valence-electron chi connectivity index (χ4n) is 6.91. The molecular weight excluding hydrogens is 764 g/mol. The van der Waals surface area contributed by atoms with Crippen LogP contribution in [-0.2, 0) is 6.61 Å². The third-order valence-electron chi connectivity index (χ3n) is 10.7. The van der Waals surface area contributed by atoms with Gasteiger partial charge in [0, 0.05) is 6.07 Å². The van der Waals surface area contributed by atoms with E-state index in [1.54, 1.807) is 81.4 Å². The van der Waals surface area contributed by atoms with Gasteiger partial charge in [0.2, 0.25) is 0 Å². The predicted octanol–water partition coefficient (Wildman–Crippen LogP) is 10.1. The molecule has 0 aliphatic carbocycles. The van der Waals surface area contributed by atoms with Gasteiger partial charge < -0.3 is 33.9 Å². The number of benzene rings is 5. The predicted molar refractivity (Wildman–Crippen MR) is 219 cm³/mol. The molecular formula is C46H45ClO11. The number of rotatable bonds is 11. The molecule has 0 bridgehead atoms. The molecule has 302 valence electrons. The zero-order valence-corrected chi connectivity index (χ0v) is 35.0. The molecule has 0 unspecified atom stereocenters. The summed E-state index contributed by atoms with van der Waals surface area (Å²) in [4.78, 5) is 53.0. The van der Waals surface area contributed by atoms with Crippen LogP contribution in [-0.4, -0.2) is 41.2 Å². The Balaban J connectivity index is 1.39. The summed E-state index contributed by atoms with van der Waals surface area (Å²) in [6.07, 6.45) is 0. The number of halogens is 1. The SMILES string of the molecule is COc1cc(OCc2ccccc2)cc(C)c1C(=O)Oc1c(C)c(C)c(C(=O)Oc2cc(C)c(C(=O)Oc3c(C)c(C)c(C(=O)O)c(C)c3C)c(C)c2C)c(O)c1Cl. The number of carbonyl (C=O) groups excluding carboxylic acids is 3. The molecule has 0 saturated carbocycles. The standard InChI is InChI=1S/C46H45ClO11/c1-21-17-32(55-20-31-15-13-12-14-16-31)19-34(54-11)36(21)45(52)58-42-30(10)27(7)38(40(48)39(42)47)46(53)56-33-18-22(2)35(24(4)23(33)3)44(51)57-41-28(8)25(5)37(43(49)50)26(6)29(41)9/h12-19,48H,20H2,1-11H3,(H,49,50). The highest BCUT2D eigenvalue weighted by Gasteiger charge is 2.30. The first-order chi connectivity index (χ1) is 27.3. The van der Waals surface area contributed by atoms with E-state index < -0.39 is 29.6 Å². The highest BCUT2D eigenvalue weighted by atomic mass is 35.5. The molecule has 5 aromatic carbocycles. The number of carboxylic acid groups (broad SMARTS) is 1. The maximum Gasteiger partial charge on any atom is 0.347 e. The number of aryl methyl sites for hydroxylation is 2. The third kappa shape index (κ3) is 8.08. The van der Waals surface area contributed by atoms with Gasteiger partial charge in [-0.05, 0) is 143 Å². The lowest BCUT2D eigenvalue weighted by Gasteiger charge is -2.20. The summed E-state index contributed by atoms with van der Waals surface area (Å²) < 4.78 is 28.9.